The van der Waals surface area contributed by atoms with Gasteiger partial charge in [0.25, 0.3) is 0 Å². The molecule has 1 unspecified atom stereocenters. The summed E-state index contributed by atoms with van der Waals surface area (Å²) in [4.78, 5) is 0. The van der Waals surface area contributed by atoms with E-state index in [1.165, 1.54) is 6.20 Å². The van der Waals surface area contributed by atoms with E-state index in [0.29, 0.717) is 23.9 Å². The summed E-state index contributed by atoms with van der Waals surface area (Å²) < 4.78 is 47.4. The Balaban J connectivity index is 2.71. The van der Waals surface area contributed by atoms with Gasteiger partial charge in [-0.1, -0.05) is 11.6 Å². The van der Waals surface area contributed by atoms with Crippen LogP contribution in [0.25, 0.3) is 0 Å². The predicted octanol–water partition coefficient (Wildman–Crippen LogP) is 2.02. The number of aromatic nitrogens is 2. The lowest BCUT2D eigenvalue weighted by Gasteiger charge is -2.19. The number of hydrogen-bond donors (Lipinski definition) is 1. The van der Waals surface area contributed by atoms with Crippen LogP contribution in [0, 0.1) is 0 Å². The highest BCUT2D eigenvalue weighted by Crippen LogP contribution is 2.24. The molecule has 1 heterocycles. The van der Waals surface area contributed by atoms with Crippen LogP contribution in [0.5, 0.6) is 0 Å². The van der Waals surface area contributed by atoms with E-state index in [0.717, 1.165) is 0 Å². The Hall–Kier alpha value is -0.830. The number of nitrogens with zero attached hydrogens (tertiary/aromatic N) is 2. The average Bonchev–Trinajstić information content (AvgIpc) is 2.72. The van der Waals surface area contributed by atoms with Gasteiger partial charge in [0.05, 0.1) is 42.7 Å². The normalized spacial score (nSPS) is 13.7. The van der Waals surface area contributed by atoms with Crippen molar-refractivity contribution in [3.05, 3.63) is 16.9 Å². The van der Waals surface area contributed by atoms with Crippen LogP contribution in [0.15, 0.2) is 6.20 Å². The molecule has 1 atom stereocenters. The van der Waals surface area contributed by atoms with Gasteiger partial charge in [-0.25, -0.2) is 0 Å². The van der Waals surface area contributed by atoms with Crippen molar-refractivity contribution in [2.45, 2.75) is 18.8 Å². The van der Waals surface area contributed by atoms with Gasteiger partial charge in [0.1, 0.15) is 6.61 Å². The van der Waals surface area contributed by atoms with Gasteiger partial charge < -0.3 is 14.8 Å². The molecule has 0 bridgehead atoms. The van der Waals surface area contributed by atoms with E-state index in [1.807, 2.05) is 0 Å². The second-order valence-electron chi connectivity index (χ2n) is 4.07. The molecule has 0 saturated carbocycles. The molecule has 0 aromatic carbocycles. The molecule has 1 aromatic rings. The molecule has 1 N–H and O–H groups in total. The standard InChI is InChI=1S/C11H17ClF3N3O2/c1-16-9(6-20-7-11(13,14)15)10-8(12)5-17-18(10)3-4-19-2/h5,9,16H,3-4,6-7H2,1-2H3. The maximum Gasteiger partial charge on any atom is 0.411 e. The van der Waals surface area contributed by atoms with Gasteiger partial charge in [0.2, 0.25) is 0 Å². The average molecular weight is 316 g/mol. The summed E-state index contributed by atoms with van der Waals surface area (Å²) in [5.41, 5.74) is 0.577. The lowest BCUT2D eigenvalue weighted by Crippen LogP contribution is -2.28. The first-order chi connectivity index (χ1) is 9.39. The summed E-state index contributed by atoms with van der Waals surface area (Å²) in [6.45, 7) is -0.579. The van der Waals surface area contributed by atoms with Gasteiger partial charge in [-0.05, 0) is 7.05 Å². The number of methoxy groups -OCH3 is 1. The largest absolute Gasteiger partial charge is 0.411 e. The summed E-state index contributed by atoms with van der Waals surface area (Å²) in [6.07, 6.45) is -2.90. The Labute approximate surface area is 120 Å². The van der Waals surface area contributed by atoms with Crippen LogP contribution >= 0.6 is 11.6 Å². The van der Waals surface area contributed by atoms with Crippen LogP contribution in [0.4, 0.5) is 13.2 Å². The molecule has 0 radical (unpaired) electrons. The van der Waals surface area contributed by atoms with Gasteiger partial charge in [-0.15, -0.1) is 0 Å². The molecule has 0 saturated heterocycles. The molecule has 0 spiro atoms. The second kappa shape index (κ2) is 7.82. The fourth-order valence-corrected chi connectivity index (χ4v) is 1.94. The molecule has 0 fully saturated rings. The first-order valence-corrected chi connectivity index (χ1v) is 6.28. The summed E-state index contributed by atoms with van der Waals surface area (Å²) in [5, 5.41) is 7.31. The summed E-state index contributed by atoms with van der Waals surface area (Å²) >= 11 is 6.02. The van der Waals surface area contributed by atoms with Crippen molar-refractivity contribution in [2.75, 3.05) is 34.0 Å². The SMILES string of the molecule is CNC(COCC(F)(F)F)c1c(Cl)cnn1CCOC. The fourth-order valence-electron chi connectivity index (χ4n) is 1.67. The Morgan fingerprint density at radius 2 is 2.20 bits per heavy atom. The van der Waals surface area contributed by atoms with E-state index < -0.39 is 18.8 Å². The van der Waals surface area contributed by atoms with Crippen molar-refractivity contribution in [3.8, 4) is 0 Å². The van der Waals surface area contributed by atoms with Crippen molar-refractivity contribution >= 4 is 11.6 Å². The zero-order valence-corrected chi connectivity index (χ0v) is 12.0. The van der Waals surface area contributed by atoms with Gasteiger partial charge in [0.15, 0.2) is 0 Å². The van der Waals surface area contributed by atoms with Gasteiger partial charge in [0, 0.05) is 7.11 Å². The topological polar surface area (TPSA) is 48.3 Å². The van der Waals surface area contributed by atoms with E-state index in [1.54, 1.807) is 18.8 Å². The molecule has 0 aliphatic heterocycles. The quantitative estimate of drug-likeness (QED) is 0.797. The van der Waals surface area contributed by atoms with Crippen LogP contribution < -0.4 is 5.32 Å². The molecule has 1 aromatic heterocycles. The smallest absolute Gasteiger partial charge is 0.383 e. The molecule has 0 aliphatic rings. The lowest BCUT2D eigenvalue weighted by atomic mass is 10.2. The number of likely N-dealkylation sites (N-methyl/N-ethyl adjacent to an activating group) is 1. The van der Waals surface area contributed by atoms with Gasteiger partial charge in [-0.2, -0.15) is 18.3 Å². The molecule has 1 rings (SSSR count). The summed E-state index contributed by atoms with van der Waals surface area (Å²) in [6, 6.07) is -0.482. The van der Waals surface area contributed by atoms with Crippen molar-refractivity contribution < 1.29 is 22.6 Å². The van der Waals surface area contributed by atoms with E-state index in [2.05, 4.69) is 15.2 Å². The Bertz CT molecular complexity index is 412. The molecule has 5 nitrogen and oxygen atoms in total. The number of rotatable bonds is 8. The Morgan fingerprint density at radius 1 is 1.50 bits per heavy atom. The van der Waals surface area contributed by atoms with Crippen LogP contribution in [0.1, 0.15) is 11.7 Å². The van der Waals surface area contributed by atoms with Crippen molar-refractivity contribution in [3.63, 3.8) is 0 Å². The molecule has 20 heavy (non-hydrogen) atoms. The maximum absolute atomic E-state index is 12.1. The van der Waals surface area contributed by atoms with E-state index >= 15 is 0 Å². The highest BCUT2D eigenvalue weighted by Gasteiger charge is 2.28. The molecule has 0 amide bonds. The number of halogens is 4. The third kappa shape index (κ3) is 5.28. The highest BCUT2D eigenvalue weighted by atomic mass is 35.5. The van der Waals surface area contributed by atoms with Crippen LogP contribution in [-0.2, 0) is 16.0 Å². The minimum Gasteiger partial charge on any atom is -0.383 e. The first kappa shape index (κ1) is 17.2. The molecule has 0 aliphatic carbocycles. The number of hydrogen-bond acceptors (Lipinski definition) is 4. The lowest BCUT2D eigenvalue weighted by molar-refractivity contribution is -0.175. The molecular formula is C11H17ClF3N3O2. The van der Waals surface area contributed by atoms with E-state index in [9.17, 15) is 13.2 Å². The summed E-state index contributed by atoms with van der Waals surface area (Å²) in [7, 11) is 3.17. The first-order valence-electron chi connectivity index (χ1n) is 5.91. The van der Waals surface area contributed by atoms with Crippen molar-refractivity contribution in [1.29, 1.82) is 0 Å². The van der Waals surface area contributed by atoms with Crippen LogP contribution in [-0.4, -0.2) is 49.9 Å². The molecule has 9 heteroatoms. The van der Waals surface area contributed by atoms with Crippen molar-refractivity contribution in [2.24, 2.45) is 0 Å². The second-order valence-corrected chi connectivity index (χ2v) is 4.47. The fraction of sp³-hybridized carbons (Fsp3) is 0.727. The monoisotopic (exact) mass is 315 g/mol. The van der Waals surface area contributed by atoms with E-state index in [4.69, 9.17) is 16.3 Å². The third-order valence-electron chi connectivity index (χ3n) is 2.57. The number of alkyl halides is 3. The zero-order valence-electron chi connectivity index (χ0n) is 11.2. The number of nitrogens with one attached hydrogen (secondary N) is 1. The predicted molar refractivity (Wildman–Crippen MR) is 67.8 cm³/mol. The van der Waals surface area contributed by atoms with E-state index in [-0.39, 0.29) is 6.61 Å². The Morgan fingerprint density at radius 3 is 2.75 bits per heavy atom. The minimum atomic E-state index is -4.35. The maximum atomic E-state index is 12.1. The minimum absolute atomic E-state index is 0.158. The van der Waals surface area contributed by atoms with Crippen LogP contribution in [0.2, 0.25) is 5.02 Å². The van der Waals surface area contributed by atoms with Crippen LogP contribution in [0.3, 0.4) is 0 Å². The highest BCUT2D eigenvalue weighted by molar-refractivity contribution is 6.31. The molecular weight excluding hydrogens is 299 g/mol. The third-order valence-corrected chi connectivity index (χ3v) is 2.86. The number of ether oxygens (including phenoxy) is 2. The summed E-state index contributed by atoms with van der Waals surface area (Å²) in [5.74, 6) is 0. The Kier molecular flexibility index (Phi) is 6.74. The van der Waals surface area contributed by atoms with Gasteiger partial charge >= 0.3 is 6.18 Å². The van der Waals surface area contributed by atoms with Gasteiger partial charge in [-0.3, -0.25) is 4.68 Å². The van der Waals surface area contributed by atoms with Crippen molar-refractivity contribution in [1.82, 2.24) is 15.1 Å². The molecule has 116 valence electrons. The zero-order chi connectivity index (χ0) is 15.2.